The van der Waals surface area contributed by atoms with Gasteiger partial charge in [0.1, 0.15) is 18.2 Å². The van der Waals surface area contributed by atoms with Crippen LogP contribution in [0.1, 0.15) is 38.3 Å². The highest BCUT2D eigenvalue weighted by atomic mass is 32.1. The van der Waals surface area contributed by atoms with Crippen LogP contribution in [0.2, 0.25) is 0 Å². The molecule has 5 rings (SSSR count). The Hall–Kier alpha value is -3.45. The lowest BCUT2D eigenvalue weighted by atomic mass is 10.1. The fraction of sp³-hybridized carbons (Fsp3) is 0.200. The molecule has 0 bridgehead atoms. The fourth-order valence-electron chi connectivity index (χ4n) is 3.90. The number of hydrogen-bond acceptors (Lipinski definition) is 4. The number of halogens is 1. The van der Waals surface area contributed by atoms with Gasteiger partial charge in [0.15, 0.2) is 0 Å². The van der Waals surface area contributed by atoms with Gasteiger partial charge in [0.2, 0.25) is 0 Å². The third-order valence-electron chi connectivity index (χ3n) is 5.48. The molecule has 2 aromatic carbocycles. The highest BCUT2D eigenvalue weighted by molar-refractivity contribution is 7.12. The maximum absolute atomic E-state index is 13.3. The molecular formula is C25H22FN3O2S. The van der Waals surface area contributed by atoms with Gasteiger partial charge in [0, 0.05) is 11.8 Å². The van der Waals surface area contributed by atoms with E-state index in [2.05, 4.69) is 22.5 Å². The van der Waals surface area contributed by atoms with Crippen molar-refractivity contribution in [2.45, 2.75) is 32.4 Å². The Balaban J connectivity index is 1.17. The van der Waals surface area contributed by atoms with Crippen LogP contribution >= 0.6 is 11.3 Å². The fourth-order valence-corrected chi connectivity index (χ4v) is 4.70. The van der Waals surface area contributed by atoms with E-state index in [-0.39, 0.29) is 11.7 Å². The molecule has 0 spiro atoms. The van der Waals surface area contributed by atoms with Gasteiger partial charge in [-0.05, 0) is 71.7 Å². The number of amides is 1. The molecule has 4 aromatic rings. The molecule has 0 saturated carbocycles. The zero-order chi connectivity index (χ0) is 21.9. The number of aryl methyl sites for hydroxylation is 2. The zero-order valence-corrected chi connectivity index (χ0v) is 18.2. The van der Waals surface area contributed by atoms with Crippen LogP contribution in [0.4, 0.5) is 10.1 Å². The summed E-state index contributed by atoms with van der Waals surface area (Å²) < 4.78 is 20.9. The molecule has 5 nitrogen and oxygen atoms in total. The number of carbonyl (C=O) groups is 1. The highest BCUT2D eigenvalue weighted by Crippen LogP contribution is 2.27. The Bertz CT molecular complexity index is 1260. The van der Waals surface area contributed by atoms with Crippen LogP contribution < -0.4 is 10.1 Å². The van der Waals surface area contributed by atoms with E-state index < -0.39 is 0 Å². The monoisotopic (exact) mass is 447 g/mol. The molecule has 1 aliphatic rings. The molecule has 1 N–H and O–H groups in total. The Morgan fingerprint density at radius 2 is 2.03 bits per heavy atom. The average molecular weight is 448 g/mol. The molecule has 0 fully saturated rings. The molecule has 162 valence electrons. The Morgan fingerprint density at radius 1 is 1.12 bits per heavy atom. The van der Waals surface area contributed by atoms with E-state index in [1.807, 2.05) is 23.6 Å². The minimum atomic E-state index is -0.281. The van der Waals surface area contributed by atoms with E-state index in [1.165, 1.54) is 41.0 Å². The molecule has 1 aliphatic carbocycles. The molecule has 7 heteroatoms. The van der Waals surface area contributed by atoms with Crippen LogP contribution in [-0.2, 0) is 26.0 Å². The summed E-state index contributed by atoms with van der Waals surface area (Å²) in [7, 11) is 0. The predicted molar refractivity (Wildman–Crippen MR) is 123 cm³/mol. The molecule has 32 heavy (non-hydrogen) atoms. The van der Waals surface area contributed by atoms with E-state index in [9.17, 15) is 9.18 Å². The van der Waals surface area contributed by atoms with Crippen LogP contribution in [0.25, 0.3) is 0 Å². The van der Waals surface area contributed by atoms with Crippen molar-refractivity contribution in [2.75, 3.05) is 5.32 Å². The first-order valence-corrected chi connectivity index (χ1v) is 11.4. The Kier molecular flexibility index (Phi) is 5.73. The lowest BCUT2D eigenvalue weighted by Crippen LogP contribution is -2.09. The second kappa shape index (κ2) is 8.96. The minimum absolute atomic E-state index is 0.191. The van der Waals surface area contributed by atoms with Crippen LogP contribution in [0.5, 0.6) is 5.75 Å². The summed E-state index contributed by atoms with van der Waals surface area (Å²) in [5.74, 6) is 0.398. The highest BCUT2D eigenvalue weighted by Gasteiger charge is 2.13. The van der Waals surface area contributed by atoms with E-state index in [1.54, 1.807) is 23.1 Å². The van der Waals surface area contributed by atoms with Gasteiger partial charge in [-0.3, -0.25) is 9.48 Å². The quantitative estimate of drug-likeness (QED) is 0.410. The molecule has 0 unspecified atom stereocenters. The van der Waals surface area contributed by atoms with Crippen molar-refractivity contribution < 1.29 is 13.9 Å². The SMILES string of the molecule is O=C(Nc1cnn(Cc2cccc(F)c2)c1)c1cc(COc2ccc3c(c2)CCC3)cs1. The van der Waals surface area contributed by atoms with Gasteiger partial charge in [0.05, 0.1) is 23.3 Å². The molecule has 0 saturated heterocycles. The van der Waals surface area contributed by atoms with Gasteiger partial charge < -0.3 is 10.1 Å². The van der Waals surface area contributed by atoms with Crippen molar-refractivity contribution in [1.29, 1.82) is 0 Å². The molecule has 1 amide bonds. The number of anilines is 1. The number of hydrogen-bond donors (Lipinski definition) is 1. The molecule has 0 radical (unpaired) electrons. The van der Waals surface area contributed by atoms with Crippen LogP contribution in [-0.4, -0.2) is 15.7 Å². The van der Waals surface area contributed by atoms with Crippen molar-refractivity contribution in [3.8, 4) is 5.75 Å². The first-order valence-electron chi connectivity index (χ1n) is 10.5. The first kappa shape index (κ1) is 20.5. The van der Waals surface area contributed by atoms with Gasteiger partial charge in [0.25, 0.3) is 5.91 Å². The van der Waals surface area contributed by atoms with Crippen molar-refractivity contribution in [3.63, 3.8) is 0 Å². The third-order valence-corrected chi connectivity index (χ3v) is 6.46. The smallest absolute Gasteiger partial charge is 0.265 e. The predicted octanol–water partition coefficient (Wildman–Crippen LogP) is 5.45. The summed E-state index contributed by atoms with van der Waals surface area (Å²) in [5, 5.41) is 9.05. The van der Waals surface area contributed by atoms with Crippen molar-refractivity contribution in [3.05, 3.63) is 99.3 Å². The van der Waals surface area contributed by atoms with Crippen molar-refractivity contribution in [2.24, 2.45) is 0 Å². The molecular weight excluding hydrogens is 425 g/mol. The zero-order valence-electron chi connectivity index (χ0n) is 17.4. The standard InChI is InChI=1S/C25H22FN3O2S/c26-21-6-1-3-17(9-21)13-29-14-22(12-27-29)28-25(30)24-10-18(16-32-24)15-31-23-8-7-19-4-2-5-20(19)11-23/h1,3,6-12,14,16H,2,4-5,13,15H2,(H,28,30). The molecule has 2 aromatic heterocycles. The number of carbonyl (C=O) groups excluding carboxylic acids is 1. The normalized spacial score (nSPS) is 12.5. The number of nitrogens with zero attached hydrogens (tertiary/aromatic N) is 2. The van der Waals surface area contributed by atoms with E-state index >= 15 is 0 Å². The Morgan fingerprint density at radius 3 is 2.94 bits per heavy atom. The summed E-state index contributed by atoms with van der Waals surface area (Å²) in [6.45, 7) is 0.852. The van der Waals surface area contributed by atoms with Crippen LogP contribution in [0.3, 0.4) is 0 Å². The number of aromatic nitrogens is 2. The largest absolute Gasteiger partial charge is 0.489 e. The topological polar surface area (TPSA) is 56.2 Å². The van der Waals surface area contributed by atoms with E-state index in [0.29, 0.717) is 23.7 Å². The van der Waals surface area contributed by atoms with E-state index in [0.717, 1.165) is 29.7 Å². The molecule has 0 aliphatic heterocycles. The Labute approximate surface area is 189 Å². The van der Waals surface area contributed by atoms with Crippen molar-refractivity contribution >= 4 is 22.9 Å². The number of nitrogens with one attached hydrogen (secondary N) is 1. The van der Waals surface area contributed by atoms with Gasteiger partial charge in [-0.1, -0.05) is 18.2 Å². The first-order chi connectivity index (χ1) is 15.6. The third kappa shape index (κ3) is 4.73. The number of rotatable bonds is 7. The minimum Gasteiger partial charge on any atom is -0.489 e. The summed E-state index contributed by atoms with van der Waals surface area (Å²) in [5.41, 5.74) is 5.16. The maximum atomic E-state index is 13.3. The molecule has 2 heterocycles. The average Bonchev–Trinajstić information content (AvgIpc) is 3.53. The second-order valence-electron chi connectivity index (χ2n) is 7.90. The van der Waals surface area contributed by atoms with Gasteiger partial charge in [-0.15, -0.1) is 11.3 Å². The number of benzene rings is 2. The number of thiophene rings is 1. The van der Waals surface area contributed by atoms with Gasteiger partial charge in [-0.2, -0.15) is 5.10 Å². The number of ether oxygens (including phenoxy) is 1. The lowest BCUT2D eigenvalue weighted by molar-refractivity contribution is 0.103. The second-order valence-corrected chi connectivity index (χ2v) is 8.81. The van der Waals surface area contributed by atoms with E-state index in [4.69, 9.17) is 4.74 Å². The lowest BCUT2D eigenvalue weighted by Gasteiger charge is -2.07. The summed E-state index contributed by atoms with van der Waals surface area (Å²) in [4.78, 5) is 13.2. The summed E-state index contributed by atoms with van der Waals surface area (Å²) in [6.07, 6.45) is 6.80. The summed E-state index contributed by atoms with van der Waals surface area (Å²) in [6, 6.07) is 14.5. The summed E-state index contributed by atoms with van der Waals surface area (Å²) >= 11 is 1.38. The van der Waals surface area contributed by atoms with Crippen LogP contribution in [0.15, 0.2) is 66.3 Å². The number of fused-ring (bicyclic) bond motifs is 1. The van der Waals surface area contributed by atoms with Crippen LogP contribution in [0, 0.1) is 5.82 Å². The van der Waals surface area contributed by atoms with Crippen molar-refractivity contribution in [1.82, 2.24) is 9.78 Å². The van der Waals surface area contributed by atoms with Gasteiger partial charge >= 0.3 is 0 Å². The molecule has 0 atom stereocenters. The van der Waals surface area contributed by atoms with Gasteiger partial charge in [-0.25, -0.2) is 4.39 Å². The maximum Gasteiger partial charge on any atom is 0.265 e.